The monoisotopic (exact) mass is 346 g/mol. The van der Waals surface area contributed by atoms with Gasteiger partial charge in [-0.15, -0.1) is 0 Å². The number of amides is 1. The minimum atomic E-state index is -0.151. The van der Waals surface area contributed by atoms with E-state index in [1.165, 1.54) is 0 Å². The predicted octanol–water partition coefficient (Wildman–Crippen LogP) is 3.07. The molecule has 1 amide bonds. The van der Waals surface area contributed by atoms with Crippen LogP contribution < -0.4 is 5.73 Å². The van der Waals surface area contributed by atoms with Gasteiger partial charge < -0.3 is 10.6 Å². The summed E-state index contributed by atoms with van der Waals surface area (Å²) in [4.78, 5) is 15.2. The topological polar surface area (TPSA) is 64.2 Å². The SMILES string of the molecule is Cc1nn(-c2ccccc2)c2c1[C@H](c1ccccc1)N(C[C@H](C)N)C2=O. The second-order valence-corrected chi connectivity index (χ2v) is 6.84. The van der Waals surface area contributed by atoms with Crippen LogP contribution in [0.2, 0.25) is 0 Å². The summed E-state index contributed by atoms with van der Waals surface area (Å²) >= 11 is 0. The van der Waals surface area contributed by atoms with Crippen LogP contribution in [0.1, 0.15) is 40.3 Å². The van der Waals surface area contributed by atoms with Gasteiger partial charge in [0.1, 0.15) is 5.69 Å². The van der Waals surface area contributed by atoms with Gasteiger partial charge in [-0.05, 0) is 31.5 Å². The Morgan fingerprint density at radius 2 is 1.69 bits per heavy atom. The van der Waals surface area contributed by atoms with E-state index in [4.69, 9.17) is 5.73 Å². The maximum Gasteiger partial charge on any atom is 0.273 e. The molecule has 4 rings (SSSR count). The molecule has 2 heterocycles. The summed E-state index contributed by atoms with van der Waals surface area (Å²) in [5, 5.41) is 4.68. The molecule has 2 aromatic carbocycles. The number of aryl methyl sites for hydroxylation is 1. The van der Waals surface area contributed by atoms with E-state index >= 15 is 0 Å². The molecule has 0 radical (unpaired) electrons. The van der Waals surface area contributed by atoms with E-state index in [9.17, 15) is 4.79 Å². The molecule has 5 heteroatoms. The Kier molecular flexibility index (Phi) is 4.09. The first-order valence-corrected chi connectivity index (χ1v) is 8.84. The number of nitrogens with zero attached hydrogens (tertiary/aromatic N) is 3. The highest BCUT2D eigenvalue weighted by Gasteiger charge is 2.43. The van der Waals surface area contributed by atoms with Crippen molar-refractivity contribution in [3.8, 4) is 5.69 Å². The summed E-state index contributed by atoms with van der Waals surface area (Å²) in [5.74, 6) is -0.0180. The number of fused-ring (bicyclic) bond motifs is 1. The lowest BCUT2D eigenvalue weighted by molar-refractivity contribution is 0.0732. The lowest BCUT2D eigenvalue weighted by Gasteiger charge is -2.27. The molecule has 0 bridgehead atoms. The third-order valence-electron chi connectivity index (χ3n) is 4.76. The van der Waals surface area contributed by atoms with Gasteiger partial charge in [-0.25, -0.2) is 4.68 Å². The van der Waals surface area contributed by atoms with Crippen molar-refractivity contribution >= 4 is 5.91 Å². The van der Waals surface area contributed by atoms with Gasteiger partial charge >= 0.3 is 0 Å². The average Bonchev–Trinajstić information content (AvgIpc) is 3.13. The molecule has 3 aromatic rings. The Morgan fingerprint density at radius 3 is 2.31 bits per heavy atom. The van der Waals surface area contributed by atoms with Crippen LogP contribution in [0.5, 0.6) is 0 Å². The lowest BCUT2D eigenvalue weighted by Crippen LogP contribution is -2.39. The predicted molar refractivity (Wildman–Crippen MR) is 101 cm³/mol. The zero-order chi connectivity index (χ0) is 18.3. The number of nitrogens with two attached hydrogens (primary N) is 1. The molecule has 2 atom stereocenters. The van der Waals surface area contributed by atoms with Gasteiger partial charge in [-0.3, -0.25) is 4.79 Å². The van der Waals surface area contributed by atoms with Crippen molar-refractivity contribution in [2.75, 3.05) is 6.54 Å². The highest BCUT2D eigenvalue weighted by molar-refractivity contribution is 5.99. The first-order valence-electron chi connectivity index (χ1n) is 8.84. The molecule has 0 fully saturated rings. The number of carbonyl (C=O) groups excluding carboxylic acids is 1. The van der Waals surface area contributed by atoms with Gasteiger partial charge in [0.2, 0.25) is 0 Å². The molecule has 0 saturated carbocycles. The minimum absolute atomic E-state index is 0.0180. The molecule has 26 heavy (non-hydrogen) atoms. The Labute approximate surface area is 153 Å². The Balaban J connectivity index is 1.91. The zero-order valence-corrected chi connectivity index (χ0v) is 15.0. The fraction of sp³-hybridized carbons (Fsp3) is 0.238. The van der Waals surface area contributed by atoms with Crippen molar-refractivity contribution in [3.63, 3.8) is 0 Å². The first-order chi connectivity index (χ1) is 12.6. The summed E-state index contributed by atoms with van der Waals surface area (Å²) in [6, 6.07) is 19.6. The number of rotatable bonds is 4. The van der Waals surface area contributed by atoms with Crippen molar-refractivity contribution in [2.45, 2.75) is 25.9 Å². The number of benzene rings is 2. The number of carbonyl (C=O) groups is 1. The second-order valence-electron chi connectivity index (χ2n) is 6.84. The van der Waals surface area contributed by atoms with Crippen LogP contribution in [-0.4, -0.2) is 33.2 Å². The van der Waals surface area contributed by atoms with Crippen molar-refractivity contribution in [3.05, 3.63) is 83.2 Å². The van der Waals surface area contributed by atoms with Gasteiger partial charge in [-0.1, -0.05) is 48.5 Å². The third kappa shape index (κ3) is 2.61. The summed E-state index contributed by atoms with van der Waals surface area (Å²) in [5.41, 5.74) is 10.5. The molecule has 132 valence electrons. The molecular formula is C21H22N4O. The Morgan fingerprint density at radius 1 is 1.08 bits per heavy atom. The van der Waals surface area contributed by atoms with Gasteiger partial charge in [0.15, 0.2) is 0 Å². The van der Waals surface area contributed by atoms with Crippen LogP contribution in [-0.2, 0) is 0 Å². The van der Waals surface area contributed by atoms with E-state index in [1.54, 1.807) is 4.68 Å². The van der Waals surface area contributed by atoms with Crippen LogP contribution in [0, 0.1) is 6.92 Å². The van der Waals surface area contributed by atoms with Crippen molar-refractivity contribution in [2.24, 2.45) is 5.73 Å². The van der Waals surface area contributed by atoms with E-state index in [2.05, 4.69) is 17.2 Å². The maximum absolute atomic E-state index is 13.3. The summed E-state index contributed by atoms with van der Waals surface area (Å²) in [6.07, 6.45) is 0. The van der Waals surface area contributed by atoms with Crippen molar-refractivity contribution in [1.29, 1.82) is 0 Å². The van der Waals surface area contributed by atoms with Gasteiger partial charge in [0.25, 0.3) is 5.91 Å². The number of aromatic nitrogens is 2. The Hall–Kier alpha value is -2.92. The minimum Gasteiger partial charge on any atom is -0.326 e. The van der Waals surface area contributed by atoms with Crippen molar-refractivity contribution in [1.82, 2.24) is 14.7 Å². The molecule has 0 aliphatic carbocycles. The molecule has 0 unspecified atom stereocenters. The lowest BCUT2D eigenvalue weighted by atomic mass is 9.99. The van der Waals surface area contributed by atoms with Gasteiger partial charge in [-0.2, -0.15) is 5.10 Å². The van der Waals surface area contributed by atoms with Crippen LogP contribution >= 0.6 is 0 Å². The zero-order valence-electron chi connectivity index (χ0n) is 15.0. The molecule has 1 aliphatic heterocycles. The maximum atomic E-state index is 13.3. The number of hydrogen-bond acceptors (Lipinski definition) is 3. The quantitative estimate of drug-likeness (QED) is 0.790. The molecule has 0 saturated heterocycles. The van der Waals surface area contributed by atoms with Crippen LogP contribution in [0.15, 0.2) is 60.7 Å². The van der Waals surface area contributed by atoms with Crippen LogP contribution in [0.3, 0.4) is 0 Å². The molecule has 0 spiro atoms. The summed E-state index contributed by atoms with van der Waals surface area (Å²) in [6.45, 7) is 4.40. The fourth-order valence-corrected chi connectivity index (χ4v) is 3.72. The average molecular weight is 346 g/mol. The standard InChI is InChI=1S/C21H22N4O/c1-14(22)13-24-19(16-9-5-3-6-10-16)18-15(2)23-25(20(18)21(24)26)17-11-7-4-8-12-17/h3-12,14,19H,13,22H2,1-2H3/t14-,19-/m0/s1. The third-order valence-corrected chi connectivity index (χ3v) is 4.76. The van der Waals surface area contributed by atoms with Crippen molar-refractivity contribution < 1.29 is 4.79 Å². The van der Waals surface area contributed by atoms with Crippen LogP contribution in [0.4, 0.5) is 0 Å². The molecule has 2 N–H and O–H groups in total. The highest BCUT2D eigenvalue weighted by Crippen LogP contribution is 2.41. The number of hydrogen-bond donors (Lipinski definition) is 1. The fourth-order valence-electron chi connectivity index (χ4n) is 3.72. The van der Waals surface area contributed by atoms with Gasteiger partial charge in [0, 0.05) is 18.2 Å². The highest BCUT2D eigenvalue weighted by atomic mass is 16.2. The number of para-hydroxylation sites is 1. The van der Waals surface area contributed by atoms with Crippen LogP contribution in [0.25, 0.3) is 5.69 Å². The Bertz CT molecular complexity index is 931. The van der Waals surface area contributed by atoms with E-state index in [0.717, 1.165) is 22.5 Å². The largest absolute Gasteiger partial charge is 0.326 e. The summed E-state index contributed by atoms with van der Waals surface area (Å²) < 4.78 is 1.77. The van der Waals surface area contributed by atoms with E-state index in [0.29, 0.717) is 12.2 Å². The van der Waals surface area contributed by atoms with E-state index in [1.807, 2.05) is 67.3 Å². The van der Waals surface area contributed by atoms with E-state index < -0.39 is 0 Å². The van der Waals surface area contributed by atoms with E-state index in [-0.39, 0.29) is 18.0 Å². The molecule has 1 aromatic heterocycles. The van der Waals surface area contributed by atoms with Gasteiger partial charge in [0.05, 0.1) is 17.4 Å². The normalized spacial score (nSPS) is 17.4. The molecule has 1 aliphatic rings. The second kappa shape index (κ2) is 6.42. The molecule has 5 nitrogen and oxygen atoms in total. The smallest absolute Gasteiger partial charge is 0.273 e. The molecular weight excluding hydrogens is 324 g/mol. The first kappa shape index (κ1) is 16.5. The summed E-state index contributed by atoms with van der Waals surface area (Å²) in [7, 11) is 0.